The lowest BCUT2D eigenvalue weighted by Gasteiger charge is -1.79. The van der Waals surface area contributed by atoms with Crippen LogP contribution in [0.15, 0.2) is 0 Å². The summed E-state index contributed by atoms with van der Waals surface area (Å²) in [6.45, 7) is 6.83. The third kappa shape index (κ3) is 208. The molecule has 0 aliphatic rings. The number of Topliss-reactive ketones (excluding diaryl/α,β-unsaturated/α-hetero) is 1. The monoisotopic (exact) mass is 192 g/mol. The standard InChI is InChI=1S/C4H8O2.C3H6O.C2H6O/c1-2-3-4(5)6;1-3(2)4;1-2-3/h2-3H2,1H3,(H,5,6);1-2H3;3H,2H2,1H3. The van der Waals surface area contributed by atoms with Crippen LogP contribution in [-0.4, -0.2) is 28.6 Å². The number of carboxylic acids is 1. The first-order valence-electron chi connectivity index (χ1n) is 4.22. The number of aliphatic hydroxyl groups is 1. The van der Waals surface area contributed by atoms with Gasteiger partial charge in [-0.15, -0.1) is 0 Å². The van der Waals surface area contributed by atoms with Crippen LogP contribution in [0.2, 0.25) is 0 Å². The van der Waals surface area contributed by atoms with E-state index in [-0.39, 0.29) is 12.4 Å². The summed E-state index contributed by atoms with van der Waals surface area (Å²) in [5.74, 6) is -0.544. The van der Waals surface area contributed by atoms with Gasteiger partial charge in [0.2, 0.25) is 0 Å². The number of aliphatic hydroxyl groups excluding tert-OH is 1. The van der Waals surface area contributed by atoms with E-state index in [4.69, 9.17) is 10.2 Å². The lowest BCUT2D eigenvalue weighted by molar-refractivity contribution is -0.137. The minimum Gasteiger partial charge on any atom is -0.481 e. The van der Waals surface area contributed by atoms with Gasteiger partial charge in [0.05, 0.1) is 0 Å². The number of ketones is 1. The summed E-state index contributed by atoms with van der Waals surface area (Å²) in [5.41, 5.74) is 0. The number of hydrogen-bond donors (Lipinski definition) is 2. The van der Waals surface area contributed by atoms with E-state index in [1.54, 1.807) is 6.92 Å². The van der Waals surface area contributed by atoms with Crippen molar-refractivity contribution in [3.05, 3.63) is 0 Å². The van der Waals surface area contributed by atoms with Crippen LogP contribution in [0.1, 0.15) is 40.5 Å². The van der Waals surface area contributed by atoms with Crippen molar-refractivity contribution in [2.45, 2.75) is 40.5 Å². The molecule has 0 radical (unpaired) electrons. The molecule has 0 aliphatic heterocycles. The van der Waals surface area contributed by atoms with Crippen LogP contribution in [0.4, 0.5) is 0 Å². The summed E-state index contributed by atoms with van der Waals surface area (Å²) in [4.78, 5) is 19.0. The number of carbonyl (C=O) groups is 2. The number of aliphatic carboxylic acids is 1. The quantitative estimate of drug-likeness (QED) is 0.694. The average Bonchev–Trinajstić information content (AvgIpc) is 1.86. The fraction of sp³-hybridized carbons (Fsp3) is 0.778. The molecule has 13 heavy (non-hydrogen) atoms. The highest BCUT2D eigenvalue weighted by Gasteiger charge is 1.87. The molecule has 0 heterocycles. The first-order chi connectivity index (χ1) is 5.92. The van der Waals surface area contributed by atoms with Gasteiger partial charge in [0.25, 0.3) is 0 Å². The lowest BCUT2D eigenvalue weighted by atomic mass is 10.4. The second-order valence-corrected chi connectivity index (χ2v) is 2.37. The molecular weight excluding hydrogens is 172 g/mol. The summed E-state index contributed by atoms with van der Waals surface area (Å²) < 4.78 is 0. The summed E-state index contributed by atoms with van der Waals surface area (Å²) in [6, 6.07) is 0. The van der Waals surface area contributed by atoms with E-state index in [0.717, 1.165) is 6.42 Å². The van der Waals surface area contributed by atoms with Crippen LogP contribution in [0.5, 0.6) is 0 Å². The van der Waals surface area contributed by atoms with Gasteiger partial charge >= 0.3 is 5.97 Å². The molecule has 0 saturated carbocycles. The van der Waals surface area contributed by atoms with Crippen molar-refractivity contribution in [2.24, 2.45) is 0 Å². The summed E-state index contributed by atoms with van der Waals surface area (Å²) in [7, 11) is 0. The van der Waals surface area contributed by atoms with Crippen LogP contribution in [-0.2, 0) is 9.59 Å². The smallest absolute Gasteiger partial charge is 0.303 e. The van der Waals surface area contributed by atoms with E-state index in [2.05, 4.69) is 0 Å². The van der Waals surface area contributed by atoms with Crippen molar-refractivity contribution in [1.29, 1.82) is 0 Å². The van der Waals surface area contributed by atoms with Gasteiger partial charge < -0.3 is 15.0 Å². The minimum absolute atomic E-state index is 0.167. The molecule has 0 aliphatic carbocycles. The highest BCUT2D eigenvalue weighted by atomic mass is 16.4. The third-order valence-corrected chi connectivity index (χ3v) is 0.464. The molecule has 0 aromatic rings. The molecule has 0 atom stereocenters. The third-order valence-electron chi connectivity index (χ3n) is 0.464. The van der Waals surface area contributed by atoms with Gasteiger partial charge in [-0.25, -0.2) is 0 Å². The molecule has 0 amide bonds. The van der Waals surface area contributed by atoms with Gasteiger partial charge in [-0.2, -0.15) is 0 Å². The Morgan fingerprint density at radius 3 is 1.38 bits per heavy atom. The molecule has 0 spiro atoms. The number of carboxylic acid groups (broad SMARTS) is 1. The zero-order valence-electron chi connectivity index (χ0n) is 8.83. The molecule has 0 rings (SSSR count). The molecule has 4 nitrogen and oxygen atoms in total. The van der Waals surface area contributed by atoms with E-state index in [0.29, 0.717) is 6.42 Å². The van der Waals surface area contributed by atoms with Crippen LogP contribution in [0, 0.1) is 0 Å². The largest absolute Gasteiger partial charge is 0.481 e. The van der Waals surface area contributed by atoms with Gasteiger partial charge in [0, 0.05) is 13.0 Å². The Morgan fingerprint density at radius 1 is 1.15 bits per heavy atom. The molecule has 0 saturated heterocycles. The second kappa shape index (κ2) is 17.3. The molecule has 4 heteroatoms. The molecular formula is C9H20O4. The predicted molar refractivity (Wildman–Crippen MR) is 51.7 cm³/mol. The van der Waals surface area contributed by atoms with Gasteiger partial charge in [-0.1, -0.05) is 6.92 Å². The van der Waals surface area contributed by atoms with Crippen LogP contribution < -0.4 is 0 Å². The molecule has 80 valence electrons. The highest BCUT2D eigenvalue weighted by Crippen LogP contribution is 1.82. The number of rotatable bonds is 2. The van der Waals surface area contributed by atoms with Crippen LogP contribution in [0.25, 0.3) is 0 Å². The van der Waals surface area contributed by atoms with Gasteiger partial charge in [0.15, 0.2) is 0 Å². The molecule has 0 unspecified atom stereocenters. The maximum Gasteiger partial charge on any atom is 0.303 e. The summed E-state index contributed by atoms with van der Waals surface area (Å²) in [6.07, 6.45) is 1.02. The molecule has 2 N–H and O–H groups in total. The van der Waals surface area contributed by atoms with E-state index in [9.17, 15) is 9.59 Å². The summed E-state index contributed by atoms with van der Waals surface area (Å²) >= 11 is 0. The zero-order valence-corrected chi connectivity index (χ0v) is 8.83. The Hall–Kier alpha value is -0.900. The topological polar surface area (TPSA) is 74.6 Å². The highest BCUT2D eigenvalue weighted by molar-refractivity contribution is 5.72. The average molecular weight is 192 g/mol. The Labute approximate surface area is 79.6 Å². The lowest BCUT2D eigenvalue weighted by Crippen LogP contribution is -1.90. The second-order valence-electron chi connectivity index (χ2n) is 2.37. The van der Waals surface area contributed by atoms with E-state index in [1.165, 1.54) is 13.8 Å². The van der Waals surface area contributed by atoms with E-state index in [1.807, 2.05) is 6.92 Å². The van der Waals surface area contributed by atoms with Crippen LogP contribution >= 0.6 is 0 Å². The van der Waals surface area contributed by atoms with Crippen molar-refractivity contribution < 1.29 is 19.8 Å². The van der Waals surface area contributed by atoms with Gasteiger partial charge in [0.1, 0.15) is 5.78 Å². The van der Waals surface area contributed by atoms with E-state index >= 15 is 0 Å². The first kappa shape index (κ1) is 18.0. The van der Waals surface area contributed by atoms with Crippen molar-refractivity contribution in [3.8, 4) is 0 Å². The summed E-state index contributed by atoms with van der Waals surface area (Å²) in [5, 5.41) is 15.5. The van der Waals surface area contributed by atoms with Gasteiger partial charge in [-0.3, -0.25) is 4.79 Å². The van der Waals surface area contributed by atoms with Crippen molar-refractivity contribution in [3.63, 3.8) is 0 Å². The minimum atomic E-state index is -0.711. The Morgan fingerprint density at radius 2 is 1.38 bits per heavy atom. The fourth-order valence-corrected chi connectivity index (χ4v) is 0.214. The number of carbonyl (C=O) groups excluding carboxylic acids is 1. The Kier molecular flexibility index (Phi) is 23.9. The predicted octanol–water partition coefficient (Wildman–Crippen LogP) is 1.46. The Bertz CT molecular complexity index is 117. The fourth-order valence-electron chi connectivity index (χ4n) is 0.214. The van der Waals surface area contributed by atoms with Crippen molar-refractivity contribution in [1.82, 2.24) is 0 Å². The van der Waals surface area contributed by atoms with Gasteiger partial charge in [-0.05, 0) is 27.2 Å². The van der Waals surface area contributed by atoms with E-state index < -0.39 is 5.97 Å². The maximum atomic E-state index is 9.60. The SMILES string of the molecule is CC(C)=O.CCCC(=O)O.CCO. The molecule has 0 fully saturated rings. The normalized spacial score (nSPS) is 7.15. The number of hydrogen-bond acceptors (Lipinski definition) is 3. The molecule has 0 aromatic heterocycles. The molecule has 0 aromatic carbocycles. The van der Waals surface area contributed by atoms with Crippen molar-refractivity contribution >= 4 is 11.8 Å². The maximum absolute atomic E-state index is 9.60. The van der Waals surface area contributed by atoms with Crippen molar-refractivity contribution in [2.75, 3.05) is 6.61 Å². The Balaban J connectivity index is -0.000000125. The molecule has 0 bridgehead atoms. The zero-order chi connectivity index (χ0) is 11.3. The first-order valence-corrected chi connectivity index (χ1v) is 4.22. The van der Waals surface area contributed by atoms with Crippen LogP contribution in [0.3, 0.4) is 0 Å².